The Labute approximate surface area is 126 Å². The summed E-state index contributed by atoms with van der Waals surface area (Å²) >= 11 is 0. The highest BCUT2D eigenvalue weighted by molar-refractivity contribution is 7.89. The largest absolute Gasteiger partial charge is 0.316 e. The number of nitrogens with zero attached hydrogens (tertiary/aromatic N) is 1. The van der Waals surface area contributed by atoms with Crippen molar-refractivity contribution in [3.05, 3.63) is 29.6 Å². The second-order valence-corrected chi connectivity index (χ2v) is 7.30. The van der Waals surface area contributed by atoms with Gasteiger partial charge in [-0.25, -0.2) is 12.8 Å². The summed E-state index contributed by atoms with van der Waals surface area (Å²) in [4.78, 5) is -0.205. The van der Waals surface area contributed by atoms with Crippen LogP contribution in [0.1, 0.15) is 38.2 Å². The van der Waals surface area contributed by atoms with Crippen LogP contribution in [-0.2, 0) is 16.6 Å². The predicted octanol–water partition coefficient (Wildman–Crippen LogP) is 2.50. The van der Waals surface area contributed by atoms with Crippen molar-refractivity contribution in [2.45, 2.75) is 50.1 Å². The predicted molar refractivity (Wildman–Crippen MR) is 81.0 cm³/mol. The number of rotatable bonds is 6. The van der Waals surface area contributed by atoms with Crippen LogP contribution in [0.5, 0.6) is 0 Å². The van der Waals surface area contributed by atoms with Crippen molar-refractivity contribution in [2.24, 2.45) is 0 Å². The minimum Gasteiger partial charge on any atom is -0.316 e. The average molecular weight is 314 g/mol. The molecule has 1 aliphatic rings. The summed E-state index contributed by atoms with van der Waals surface area (Å²) < 4.78 is 41.1. The molecule has 0 spiro atoms. The molecule has 0 atom stereocenters. The van der Waals surface area contributed by atoms with Crippen LogP contribution in [0.3, 0.4) is 0 Å². The van der Waals surface area contributed by atoms with E-state index in [-0.39, 0.29) is 10.9 Å². The van der Waals surface area contributed by atoms with E-state index in [4.69, 9.17) is 0 Å². The van der Waals surface area contributed by atoms with E-state index in [9.17, 15) is 12.8 Å². The molecule has 4 nitrogen and oxygen atoms in total. The molecule has 1 fully saturated rings. The quantitative estimate of drug-likeness (QED) is 0.877. The van der Waals surface area contributed by atoms with Crippen LogP contribution in [0.2, 0.25) is 0 Å². The Bertz CT molecular complexity index is 583. The standard InChI is InChI=1S/C15H23FN2O2S/c1-3-18(13-6-4-5-7-13)21(19,20)15-10-12(11-17-2)8-9-14(15)16/h8-10,13,17H,3-7,11H2,1-2H3. The maximum absolute atomic E-state index is 14.1. The smallest absolute Gasteiger partial charge is 0.246 e. The second-order valence-electron chi connectivity index (χ2n) is 5.44. The molecule has 0 saturated heterocycles. The Morgan fingerprint density at radius 3 is 2.57 bits per heavy atom. The second kappa shape index (κ2) is 6.85. The molecule has 0 radical (unpaired) electrons. The van der Waals surface area contributed by atoms with Gasteiger partial charge in [-0.3, -0.25) is 0 Å². The van der Waals surface area contributed by atoms with Gasteiger partial charge in [0.1, 0.15) is 10.7 Å². The first kappa shape index (κ1) is 16.4. The Hall–Kier alpha value is -0.980. The van der Waals surface area contributed by atoms with Gasteiger partial charge >= 0.3 is 0 Å². The van der Waals surface area contributed by atoms with Crippen LogP contribution in [0, 0.1) is 5.82 Å². The molecule has 1 N–H and O–H groups in total. The lowest BCUT2D eigenvalue weighted by molar-refractivity contribution is 0.334. The fraction of sp³-hybridized carbons (Fsp3) is 0.600. The van der Waals surface area contributed by atoms with Crippen molar-refractivity contribution < 1.29 is 12.8 Å². The third-order valence-corrected chi connectivity index (χ3v) is 6.05. The zero-order valence-corrected chi connectivity index (χ0v) is 13.4. The number of hydrogen-bond acceptors (Lipinski definition) is 3. The average Bonchev–Trinajstić information content (AvgIpc) is 2.95. The number of hydrogen-bond donors (Lipinski definition) is 1. The Kier molecular flexibility index (Phi) is 5.35. The van der Waals surface area contributed by atoms with Gasteiger partial charge in [0.25, 0.3) is 0 Å². The minimum atomic E-state index is -3.78. The van der Waals surface area contributed by atoms with E-state index in [2.05, 4.69) is 5.32 Å². The van der Waals surface area contributed by atoms with Crippen LogP contribution in [0.4, 0.5) is 4.39 Å². The summed E-state index contributed by atoms with van der Waals surface area (Å²) in [5.74, 6) is -0.675. The van der Waals surface area contributed by atoms with Gasteiger partial charge < -0.3 is 5.32 Å². The number of halogens is 1. The summed E-state index contributed by atoms with van der Waals surface area (Å²) in [6.07, 6.45) is 3.81. The summed E-state index contributed by atoms with van der Waals surface area (Å²) in [5.41, 5.74) is 0.764. The zero-order valence-electron chi connectivity index (χ0n) is 12.6. The van der Waals surface area contributed by atoms with Crippen molar-refractivity contribution in [2.75, 3.05) is 13.6 Å². The van der Waals surface area contributed by atoms with Gasteiger partial charge in [0.05, 0.1) is 0 Å². The van der Waals surface area contributed by atoms with Crippen LogP contribution < -0.4 is 5.32 Å². The fourth-order valence-corrected chi connectivity index (χ4v) is 4.81. The summed E-state index contributed by atoms with van der Waals surface area (Å²) in [6.45, 7) is 2.70. The van der Waals surface area contributed by atoms with Crippen LogP contribution in [-0.4, -0.2) is 32.4 Å². The fourth-order valence-electron chi connectivity index (χ4n) is 3.00. The zero-order chi connectivity index (χ0) is 15.5. The summed E-state index contributed by atoms with van der Waals surface area (Å²) in [6, 6.07) is 4.30. The lowest BCUT2D eigenvalue weighted by Crippen LogP contribution is -2.39. The van der Waals surface area contributed by atoms with Gasteiger partial charge in [0.15, 0.2) is 0 Å². The molecule has 0 heterocycles. The molecule has 0 bridgehead atoms. The van der Waals surface area contributed by atoms with Gasteiger partial charge in [-0.1, -0.05) is 25.8 Å². The molecule has 1 aromatic carbocycles. The molecule has 6 heteroatoms. The normalized spacial score (nSPS) is 16.8. The molecule has 118 valence electrons. The van der Waals surface area contributed by atoms with Gasteiger partial charge in [-0.2, -0.15) is 4.31 Å². The molecular weight excluding hydrogens is 291 g/mol. The number of sulfonamides is 1. The first-order chi connectivity index (χ1) is 10.0. The Balaban J connectivity index is 2.39. The van der Waals surface area contributed by atoms with Crippen molar-refractivity contribution >= 4 is 10.0 Å². The van der Waals surface area contributed by atoms with Crippen LogP contribution >= 0.6 is 0 Å². The number of benzene rings is 1. The Morgan fingerprint density at radius 2 is 2.00 bits per heavy atom. The maximum atomic E-state index is 14.1. The molecule has 0 aliphatic heterocycles. The molecular formula is C15H23FN2O2S. The van der Waals surface area contributed by atoms with Crippen molar-refractivity contribution in [1.29, 1.82) is 0 Å². The van der Waals surface area contributed by atoms with E-state index >= 15 is 0 Å². The van der Waals surface area contributed by atoms with E-state index < -0.39 is 15.8 Å². The monoisotopic (exact) mass is 314 g/mol. The van der Waals surface area contributed by atoms with Gasteiger partial charge in [0.2, 0.25) is 10.0 Å². The van der Waals surface area contributed by atoms with E-state index in [0.29, 0.717) is 13.1 Å². The van der Waals surface area contributed by atoms with Gasteiger partial charge in [0, 0.05) is 19.1 Å². The topological polar surface area (TPSA) is 49.4 Å². The summed E-state index contributed by atoms with van der Waals surface area (Å²) in [5, 5.41) is 2.95. The van der Waals surface area contributed by atoms with E-state index in [1.54, 1.807) is 13.1 Å². The van der Waals surface area contributed by atoms with E-state index in [1.807, 2.05) is 6.92 Å². The van der Waals surface area contributed by atoms with Crippen LogP contribution in [0.15, 0.2) is 23.1 Å². The lowest BCUT2D eigenvalue weighted by Gasteiger charge is -2.27. The third kappa shape index (κ3) is 3.44. The maximum Gasteiger partial charge on any atom is 0.246 e. The summed E-state index contributed by atoms with van der Waals surface area (Å²) in [7, 11) is -2.00. The molecule has 0 aromatic heterocycles. The number of nitrogens with one attached hydrogen (secondary N) is 1. The van der Waals surface area contributed by atoms with E-state index in [1.165, 1.54) is 16.4 Å². The Morgan fingerprint density at radius 1 is 1.33 bits per heavy atom. The van der Waals surface area contributed by atoms with Crippen molar-refractivity contribution in [3.63, 3.8) is 0 Å². The molecule has 21 heavy (non-hydrogen) atoms. The first-order valence-electron chi connectivity index (χ1n) is 7.45. The molecule has 1 aromatic rings. The van der Waals surface area contributed by atoms with Crippen LogP contribution in [0.25, 0.3) is 0 Å². The van der Waals surface area contributed by atoms with Crippen molar-refractivity contribution in [3.8, 4) is 0 Å². The molecule has 1 aliphatic carbocycles. The van der Waals surface area contributed by atoms with E-state index in [0.717, 1.165) is 31.2 Å². The first-order valence-corrected chi connectivity index (χ1v) is 8.89. The molecule has 1 saturated carbocycles. The molecule has 0 amide bonds. The molecule has 2 rings (SSSR count). The molecule has 0 unspecified atom stereocenters. The third-order valence-electron chi connectivity index (χ3n) is 4.01. The van der Waals surface area contributed by atoms with Gasteiger partial charge in [-0.05, 0) is 37.6 Å². The van der Waals surface area contributed by atoms with Crippen molar-refractivity contribution in [1.82, 2.24) is 9.62 Å². The highest BCUT2D eigenvalue weighted by atomic mass is 32.2. The minimum absolute atomic E-state index is 0.00681. The highest BCUT2D eigenvalue weighted by Gasteiger charge is 2.33. The highest BCUT2D eigenvalue weighted by Crippen LogP contribution is 2.29. The SMILES string of the molecule is CCN(C1CCCC1)S(=O)(=O)c1cc(CNC)ccc1F. The lowest BCUT2D eigenvalue weighted by atomic mass is 10.2. The van der Waals surface area contributed by atoms with Gasteiger partial charge in [-0.15, -0.1) is 0 Å².